The topological polar surface area (TPSA) is 81.7 Å². The van der Waals surface area contributed by atoms with Crippen molar-refractivity contribution in [2.45, 2.75) is 19.9 Å². The number of nitrogens with zero attached hydrogens (tertiary/aromatic N) is 3. The number of aromatic nitrogens is 2. The molecule has 7 nitrogen and oxygen atoms in total. The second kappa shape index (κ2) is 10.5. The first kappa shape index (κ1) is 21.4. The molecule has 0 aliphatic carbocycles. The lowest BCUT2D eigenvalue weighted by Gasteiger charge is -2.30. The molecule has 0 spiro atoms. The van der Waals surface area contributed by atoms with Crippen molar-refractivity contribution in [3.05, 3.63) is 66.5 Å². The van der Waals surface area contributed by atoms with E-state index in [1.807, 2.05) is 61.7 Å². The number of carbonyl (C=O) groups is 1. The summed E-state index contributed by atoms with van der Waals surface area (Å²) in [6, 6.07) is 15.4. The third kappa shape index (κ3) is 5.18. The van der Waals surface area contributed by atoms with Crippen LogP contribution >= 0.6 is 0 Å². The number of methoxy groups -OCH3 is 1. The Kier molecular flexibility index (Phi) is 7.45. The molecule has 0 radical (unpaired) electrons. The van der Waals surface area contributed by atoms with E-state index in [1.54, 1.807) is 23.1 Å². The van der Waals surface area contributed by atoms with Crippen molar-refractivity contribution in [1.29, 1.82) is 0 Å². The molecule has 2 amide bonds. The van der Waals surface area contributed by atoms with Crippen LogP contribution in [0.4, 0.5) is 10.5 Å². The van der Waals surface area contributed by atoms with Crippen LogP contribution < -0.4 is 9.64 Å². The number of rotatable bonds is 9. The van der Waals surface area contributed by atoms with Crippen molar-refractivity contribution in [2.24, 2.45) is 0 Å². The highest BCUT2D eigenvalue weighted by molar-refractivity contribution is 5.92. The Labute approximate surface area is 176 Å². The first-order chi connectivity index (χ1) is 14.7. The second-order valence-electron chi connectivity index (χ2n) is 6.91. The quantitative estimate of drug-likeness (QED) is 0.562. The molecule has 3 aromatic rings. The summed E-state index contributed by atoms with van der Waals surface area (Å²) in [5.41, 5.74) is 3.81. The molecular weight excluding hydrogens is 380 g/mol. The van der Waals surface area contributed by atoms with E-state index in [0.29, 0.717) is 26.1 Å². The maximum absolute atomic E-state index is 13.4. The molecule has 2 aromatic carbocycles. The molecule has 1 aromatic heterocycles. The van der Waals surface area contributed by atoms with Crippen LogP contribution in [0.25, 0.3) is 11.1 Å². The lowest BCUT2D eigenvalue weighted by Crippen LogP contribution is -2.43. The van der Waals surface area contributed by atoms with E-state index in [2.05, 4.69) is 10.2 Å². The number of aliphatic hydroxyl groups excluding tert-OH is 1. The second-order valence-corrected chi connectivity index (χ2v) is 6.91. The predicted octanol–water partition coefficient (Wildman–Crippen LogP) is 3.92. The molecule has 158 valence electrons. The van der Waals surface area contributed by atoms with Crippen molar-refractivity contribution in [2.75, 3.05) is 31.7 Å². The Morgan fingerprint density at radius 2 is 1.97 bits per heavy atom. The van der Waals surface area contributed by atoms with Gasteiger partial charge in [-0.3, -0.25) is 10.00 Å². The van der Waals surface area contributed by atoms with Gasteiger partial charge in [-0.1, -0.05) is 24.3 Å². The summed E-state index contributed by atoms with van der Waals surface area (Å²) in [6.45, 7) is 3.48. The summed E-state index contributed by atoms with van der Waals surface area (Å²) in [5, 5.41) is 16.1. The van der Waals surface area contributed by atoms with E-state index in [-0.39, 0.29) is 12.6 Å². The van der Waals surface area contributed by atoms with Crippen LogP contribution in [0.15, 0.2) is 60.9 Å². The van der Waals surface area contributed by atoms with Crippen LogP contribution in [0.1, 0.15) is 18.9 Å². The Morgan fingerprint density at radius 1 is 1.17 bits per heavy atom. The highest BCUT2D eigenvalue weighted by atomic mass is 16.5. The van der Waals surface area contributed by atoms with Crippen LogP contribution in [-0.4, -0.2) is 53.0 Å². The van der Waals surface area contributed by atoms with Crippen molar-refractivity contribution < 1.29 is 14.6 Å². The molecule has 3 rings (SSSR count). The van der Waals surface area contributed by atoms with Gasteiger partial charge in [-0.15, -0.1) is 0 Å². The fourth-order valence-electron chi connectivity index (χ4n) is 3.28. The summed E-state index contributed by atoms with van der Waals surface area (Å²) in [6.07, 6.45) is 4.10. The SMILES string of the molecule is CCN(Cc1cccc(OC)c1)C(=O)N(CCCO)c1ccc(-c2cn[nH]c2)cc1. The first-order valence-corrected chi connectivity index (χ1v) is 10.1. The Balaban J connectivity index is 1.80. The number of ether oxygens (including phenoxy) is 1. The predicted molar refractivity (Wildman–Crippen MR) is 118 cm³/mol. The Hall–Kier alpha value is -3.32. The number of carbonyl (C=O) groups excluding carboxylic acids is 1. The average Bonchev–Trinajstić information content (AvgIpc) is 3.33. The van der Waals surface area contributed by atoms with Crippen molar-refractivity contribution in [3.8, 4) is 16.9 Å². The number of aliphatic hydroxyl groups is 1. The number of urea groups is 1. The summed E-state index contributed by atoms with van der Waals surface area (Å²) < 4.78 is 5.29. The van der Waals surface area contributed by atoms with Crippen LogP contribution in [0.3, 0.4) is 0 Å². The highest BCUT2D eigenvalue weighted by Crippen LogP contribution is 2.24. The highest BCUT2D eigenvalue weighted by Gasteiger charge is 2.21. The number of H-pyrrole nitrogens is 1. The maximum Gasteiger partial charge on any atom is 0.324 e. The number of amides is 2. The summed E-state index contributed by atoms with van der Waals surface area (Å²) in [5.74, 6) is 0.767. The van der Waals surface area contributed by atoms with Gasteiger partial charge in [0.25, 0.3) is 0 Å². The lowest BCUT2D eigenvalue weighted by molar-refractivity contribution is 0.203. The molecule has 0 bridgehead atoms. The van der Waals surface area contributed by atoms with Gasteiger partial charge in [0.2, 0.25) is 0 Å². The molecule has 0 fully saturated rings. The minimum absolute atomic E-state index is 0.0267. The molecule has 7 heteroatoms. The largest absolute Gasteiger partial charge is 0.497 e. The fraction of sp³-hybridized carbons (Fsp3) is 0.304. The summed E-state index contributed by atoms with van der Waals surface area (Å²) in [4.78, 5) is 16.9. The van der Waals surface area contributed by atoms with E-state index in [4.69, 9.17) is 4.74 Å². The molecule has 0 saturated carbocycles. The Morgan fingerprint density at radius 3 is 2.60 bits per heavy atom. The smallest absolute Gasteiger partial charge is 0.324 e. The zero-order chi connectivity index (χ0) is 21.3. The third-order valence-electron chi connectivity index (χ3n) is 4.94. The van der Waals surface area contributed by atoms with Gasteiger partial charge < -0.3 is 14.7 Å². The monoisotopic (exact) mass is 408 g/mol. The molecule has 0 atom stereocenters. The van der Waals surface area contributed by atoms with E-state index >= 15 is 0 Å². The minimum atomic E-state index is -0.0927. The molecule has 30 heavy (non-hydrogen) atoms. The number of nitrogens with one attached hydrogen (secondary N) is 1. The molecule has 0 unspecified atom stereocenters. The number of hydrogen-bond donors (Lipinski definition) is 2. The van der Waals surface area contributed by atoms with Crippen LogP contribution in [-0.2, 0) is 6.54 Å². The standard InChI is InChI=1S/C23H28N4O3/c1-3-26(17-18-6-4-7-22(14-18)30-2)23(29)27(12-5-13-28)21-10-8-19(9-11-21)20-15-24-25-16-20/h4,6-11,14-16,28H,3,5,12-13,17H2,1-2H3,(H,24,25). The lowest BCUT2D eigenvalue weighted by atomic mass is 10.1. The molecule has 0 saturated heterocycles. The van der Waals surface area contributed by atoms with Crippen molar-refractivity contribution in [1.82, 2.24) is 15.1 Å². The van der Waals surface area contributed by atoms with Gasteiger partial charge >= 0.3 is 6.03 Å². The van der Waals surface area contributed by atoms with Crippen LogP contribution in [0, 0.1) is 0 Å². The number of hydrogen-bond acceptors (Lipinski definition) is 4. The van der Waals surface area contributed by atoms with Crippen molar-refractivity contribution >= 4 is 11.7 Å². The van der Waals surface area contributed by atoms with Gasteiger partial charge in [-0.05, 0) is 48.7 Å². The average molecular weight is 409 g/mol. The fourth-order valence-corrected chi connectivity index (χ4v) is 3.28. The van der Waals surface area contributed by atoms with Crippen LogP contribution in [0.5, 0.6) is 5.75 Å². The van der Waals surface area contributed by atoms with Crippen molar-refractivity contribution in [3.63, 3.8) is 0 Å². The molecule has 0 aliphatic heterocycles. The van der Waals surface area contributed by atoms with Gasteiger partial charge in [0.1, 0.15) is 5.75 Å². The number of aromatic amines is 1. The van der Waals surface area contributed by atoms with Gasteiger partial charge in [0.15, 0.2) is 0 Å². The summed E-state index contributed by atoms with van der Waals surface area (Å²) in [7, 11) is 1.63. The molecule has 1 heterocycles. The molecule has 0 aliphatic rings. The zero-order valence-electron chi connectivity index (χ0n) is 17.4. The van der Waals surface area contributed by atoms with E-state index in [1.165, 1.54) is 0 Å². The number of anilines is 1. The molecule has 2 N–H and O–H groups in total. The Bertz CT molecular complexity index is 926. The van der Waals surface area contributed by atoms with E-state index in [9.17, 15) is 9.90 Å². The number of benzene rings is 2. The van der Waals surface area contributed by atoms with E-state index < -0.39 is 0 Å². The normalized spacial score (nSPS) is 10.6. The zero-order valence-corrected chi connectivity index (χ0v) is 17.4. The molecular formula is C23H28N4O3. The van der Waals surface area contributed by atoms with Gasteiger partial charge in [-0.25, -0.2) is 4.79 Å². The maximum atomic E-state index is 13.4. The third-order valence-corrected chi connectivity index (χ3v) is 4.94. The van der Waals surface area contributed by atoms with Crippen LogP contribution in [0.2, 0.25) is 0 Å². The van der Waals surface area contributed by atoms with E-state index in [0.717, 1.165) is 28.1 Å². The van der Waals surface area contributed by atoms with Gasteiger partial charge in [-0.2, -0.15) is 5.10 Å². The first-order valence-electron chi connectivity index (χ1n) is 10.1. The van der Waals surface area contributed by atoms with Gasteiger partial charge in [0.05, 0.1) is 13.3 Å². The van der Waals surface area contributed by atoms with Gasteiger partial charge in [0, 0.05) is 43.7 Å². The minimum Gasteiger partial charge on any atom is -0.497 e. The summed E-state index contributed by atoms with van der Waals surface area (Å²) >= 11 is 0.